The molecular weight excluding hydrogens is 262 g/mol. The summed E-state index contributed by atoms with van der Waals surface area (Å²) in [5.74, 6) is 0.0200. The molecule has 1 N–H and O–H groups in total. The predicted molar refractivity (Wildman–Crippen MR) is 75.8 cm³/mol. The lowest BCUT2D eigenvalue weighted by Crippen LogP contribution is -2.25. The minimum Gasteiger partial charge on any atom is -0.379 e. The average Bonchev–Trinajstić information content (AvgIpc) is 3.04. The number of hydrogen-bond donors (Lipinski definition) is 1. The predicted octanol–water partition coefficient (Wildman–Crippen LogP) is 2.37. The average molecular weight is 283 g/mol. The third-order valence-corrected chi connectivity index (χ3v) is 4.16. The lowest BCUT2D eigenvalue weighted by Gasteiger charge is -2.10. The quantitative estimate of drug-likeness (QED) is 0.782. The van der Waals surface area contributed by atoms with E-state index in [1.54, 1.807) is 0 Å². The molecule has 1 aliphatic rings. The minimum absolute atomic E-state index is 0.0200. The van der Waals surface area contributed by atoms with Crippen LogP contribution in [0.5, 0.6) is 0 Å². The van der Waals surface area contributed by atoms with Gasteiger partial charge in [-0.05, 0) is 43.2 Å². The summed E-state index contributed by atoms with van der Waals surface area (Å²) in [5.41, 5.74) is 1.04. The standard InChI is InChI=1S/C14H21NO3S/c1-11-5-9-19-13(11)14(16)15-6-3-7-17-10-12-4-2-8-18-12/h5,9,12H,2-4,6-8,10H2,1H3,(H,15,16)/t12-/m1/s1. The highest BCUT2D eigenvalue weighted by Gasteiger charge is 2.15. The zero-order valence-corrected chi connectivity index (χ0v) is 12.1. The Morgan fingerprint density at radius 1 is 1.63 bits per heavy atom. The molecule has 5 heteroatoms. The second kappa shape index (κ2) is 7.62. The first-order chi connectivity index (χ1) is 9.27. The first-order valence-electron chi connectivity index (χ1n) is 6.79. The molecule has 19 heavy (non-hydrogen) atoms. The van der Waals surface area contributed by atoms with Gasteiger partial charge in [0.05, 0.1) is 17.6 Å². The van der Waals surface area contributed by atoms with Crippen LogP contribution in [0.25, 0.3) is 0 Å². The van der Waals surface area contributed by atoms with Gasteiger partial charge in [-0.3, -0.25) is 4.79 Å². The summed E-state index contributed by atoms with van der Waals surface area (Å²) in [6, 6.07) is 1.96. The van der Waals surface area contributed by atoms with E-state index >= 15 is 0 Å². The molecule has 4 nitrogen and oxygen atoms in total. The van der Waals surface area contributed by atoms with Crippen LogP contribution in [0.15, 0.2) is 11.4 Å². The van der Waals surface area contributed by atoms with Crippen molar-refractivity contribution in [3.05, 3.63) is 21.9 Å². The molecule has 0 radical (unpaired) electrons. The highest BCUT2D eigenvalue weighted by molar-refractivity contribution is 7.12. The Bertz CT molecular complexity index is 399. The van der Waals surface area contributed by atoms with Crippen LogP contribution in [0.3, 0.4) is 0 Å². The molecule has 1 aliphatic heterocycles. The number of thiophene rings is 1. The zero-order valence-electron chi connectivity index (χ0n) is 11.3. The Morgan fingerprint density at radius 2 is 2.53 bits per heavy atom. The molecule has 0 bridgehead atoms. The van der Waals surface area contributed by atoms with Crippen molar-refractivity contribution in [3.8, 4) is 0 Å². The van der Waals surface area contributed by atoms with E-state index in [1.165, 1.54) is 11.3 Å². The number of ether oxygens (including phenoxy) is 2. The third kappa shape index (κ3) is 4.60. The van der Waals surface area contributed by atoms with Crippen LogP contribution < -0.4 is 5.32 Å². The normalized spacial score (nSPS) is 18.7. The molecule has 1 aromatic heterocycles. The molecule has 2 rings (SSSR count). The summed E-state index contributed by atoms with van der Waals surface area (Å²) in [7, 11) is 0. The van der Waals surface area contributed by atoms with E-state index in [0.29, 0.717) is 19.8 Å². The van der Waals surface area contributed by atoms with Crippen LogP contribution in [-0.2, 0) is 9.47 Å². The fourth-order valence-corrected chi connectivity index (χ4v) is 2.89. The van der Waals surface area contributed by atoms with Gasteiger partial charge in [-0.25, -0.2) is 0 Å². The summed E-state index contributed by atoms with van der Waals surface area (Å²) in [6.07, 6.45) is 3.37. The molecule has 2 heterocycles. The number of aryl methyl sites for hydroxylation is 1. The highest BCUT2D eigenvalue weighted by atomic mass is 32.1. The smallest absolute Gasteiger partial charge is 0.261 e. The van der Waals surface area contributed by atoms with Crippen molar-refractivity contribution in [2.75, 3.05) is 26.4 Å². The number of rotatable bonds is 7. The molecule has 0 spiro atoms. The molecule has 1 aromatic rings. The van der Waals surface area contributed by atoms with E-state index in [0.717, 1.165) is 36.3 Å². The largest absolute Gasteiger partial charge is 0.379 e. The van der Waals surface area contributed by atoms with Gasteiger partial charge in [-0.15, -0.1) is 11.3 Å². The third-order valence-electron chi connectivity index (χ3n) is 3.15. The van der Waals surface area contributed by atoms with Crippen molar-refractivity contribution >= 4 is 17.2 Å². The second-order valence-electron chi connectivity index (χ2n) is 4.75. The van der Waals surface area contributed by atoms with Crippen LogP contribution in [-0.4, -0.2) is 38.4 Å². The van der Waals surface area contributed by atoms with E-state index in [1.807, 2.05) is 18.4 Å². The lowest BCUT2D eigenvalue weighted by molar-refractivity contribution is 0.0166. The molecule has 106 valence electrons. The van der Waals surface area contributed by atoms with E-state index in [4.69, 9.17) is 9.47 Å². The van der Waals surface area contributed by atoms with Crippen molar-refractivity contribution in [2.45, 2.75) is 32.3 Å². The fourth-order valence-electron chi connectivity index (χ4n) is 2.05. The number of carbonyl (C=O) groups is 1. The summed E-state index contributed by atoms with van der Waals surface area (Å²) in [5, 5.41) is 4.85. The summed E-state index contributed by atoms with van der Waals surface area (Å²) in [4.78, 5) is 12.6. The van der Waals surface area contributed by atoms with Crippen molar-refractivity contribution in [1.29, 1.82) is 0 Å². The van der Waals surface area contributed by atoms with Crippen molar-refractivity contribution < 1.29 is 14.3 Å². The van der Waals surface area contributed by atoms with Gasteiger partial charge >= 0.3 is 0 Å². The van der Waals surface area contributed by atoms with Gasteiger partial charge in [-0.2, -0.15) is 0 Å². The maximum Gasteiger partial charge on any atom is 0.261 e. The van der Waals surface area contributed by atoms with Gasteiger partial charge in [-0.1, -0.05) is 0 Å². The Kier molecular flexibility index (Phi) is 5.82. The fraction of sp³-hybridized carbons (Fsp3) is 0.643. The number of hydrogen-bond acceptors (Lipinski definition) is 4. The Hall–Kier alpha value is -0.910. The maximum atomic E-state index is 11.8. The van der Waals surface area contributed by atoms with Gasteiger partial charge < -0.3 is 14.8 Å². The molecule has 0 unspecified atom stereocenters. The van der Waals surface area contributed by atoms with Crippen LogP contribution in [0, 0.1) is 6.92 Å². The molecule has 0 saturated carbocycles. The van der Waals surface area contributed by atoms with Gasteiger partial charge in [0.15, 0.2) is 0 Å². The van der Waals surface area contributed by atoms with Crippen LogP contribution >= 0.6 is 11.3 Å². The van der Waals surface area contributed by atoms with E-state index in [-0.39, 0.29) is 12.0 Å². The van der Waals surface area contributed by atoms with Crippen molar-refractivity contribution in [3.63, 3.8) is 0 Å². The number of amides is 1. The van der Waals surface area contributed by atoms with Gasteiger partial charge in [0, 0.05) is 19.8 Å². The molecule has 0 aromatic carbocycles. The minimum atomic E-state index is 0.0200. The monoisotopic (exact) mass is 283 g/mol. The van der Waals surface area contributed by atoms with E-state index < -0.39 is 0 Å². The molecule has 0 aliphatic carbocycles. The Labute approximate surface area is 118 Å². The van der Waals surface area contributed by atoms with Crippen molar-refractivity contribution in [2.24, 2.45) is 0 Å². The van der Waals surface area contributed by atoms with Crippen molar-refractivity contribution in [1.82, 2.24) is 5.32 Å². The van der Waals surface area contributed by atoms with Gasteiger partial charge in [0.2, 0.25) is 0 Å². The molecule has 1 amide bonds. The SMILES string of the molecule is Cc1ccsc1C(=O)NCCCOC[C@H]1CCCO1. The first kappa shape index (κ1) is 14.5. The topological polar surface area (TPSA) is 47.6 Å². The summed E-state index contributed by atoms with van der Waals surface area (Å²) < 4.78 is 11.0. The Balaban J connectivity index is 1.52. The summed E-state index contributed by atoms with van der Waals surface area (Å²) >= 11 is 1.48. The molecule has 1 atom stereocenters. The number of nitrogens with one attached hydrogen (secondary N) is 1. The number of carbonyl (C=O) groups excluding carboxylic acids is 1. The maximum absolute atomic E-state index is 11.8. The molecular formula is C14H21NO3S. The van der Waals surface area contributed by atoms with E-state index in [2.05, 4.69) is 5.32 Å². The lowest BCUT2D eigenvalue weighted by atomic mass is 10.2. The van der Waals surface area contributed by atoms with Crippen LogP contribution in [0.4, 0.5) is 0 Å². The highest BCUT2D eigenvalue weighted by Crippen LogP contribution is 2.15. The van der Waals surface area contributed by atoms with Crippen LogP contribution in [0.2, 0.25) is 0 Å². The van der Waals surface area contributed by atoms with Gasteiger partial charge in [0.1, 0.15) is 0 Å². The molecule has 1 saturated heterocycles. The molecule has 1 fully saturated rings. The Morgan fingerprint density at radius 3 is 3.21 bits per heavy atom. The zero-order chi connectivity index (χ0) is 13.5. The summed E-state index contributed by atoms with van der Waals surface area (Å²) in [6.45, 7) is 4.82. The van der Waals surface area contributed by atoms with E-state index in [9.17, 15) is 4.79 Å². The first-order valence-corrected chi connectivity index (χ1v) is 7.67. The van der Waals surface area contributed by atoms with Gasteiger partial charge in [0.25, 0.3) is 5.91 Å². The van der Waals surface area contributed by atoms with Crippen LogP contribution in [0.1, 0.15) is 34.5 Å². The second-order valence-corrected chi connectivity index (χ2v) is 5.67.